The van der Waals surface area contributed by atoms with Crippen LogP contribution in [0.1, 0.15) is 11.3 Å². The highest BCUT2D eigenvalue weighted by molar-refractivity contribution is 5.55. The summed E-state index contributed by atoms with van der Waals surface area (Å²) in [5.41, 5.74) is 1.18. The van der Waals surface area contributed by atoms with Crippen LogP contribution < -0.4 is 5.56 Å². The van der Waals surface area contributed by atoms with E-state index in [2.05, 4.69) is 9.97 Å². The third-order valence-corrected chi connectivity index (χ3v) is 3.02. The fraction of sp³-hybridized carbons (Fsp3) is 0.231. The summed E-state index contributed by atoms with van der Waals surface area (Å²) >= 11 is 0. The number of rotatable bonds is 1. The lowest BCUT2D eigenvalue weighted by Gasteiger charge is -2.15. The minimum Gasteiger partial charge on any atom is -0.376 e. The van der Waals surface area contributed by atoms with Gasteiger partial charge in [0.1, 0.15) is 5.82 Å². The van der Waals surface area contributed by atoms with Gasteiger partial charge in [0.05, 0.1) is 24.5 Å². The molecule has 1 aromatic carbocycles. The first kappa shape index (κ1) is 12.0. The standard InChI is InChI=1S/C13H10F2N2O2/c14-9-2-1-7(5-10(9)15)12-16-11-3-4-19-6-8(11)13(18)17-12/h1-2,5H,3-4,6H2,(H,16,17,18). The van der Waals surface area contributed by atoms with Gasteiger partial charge in [0.15, 0.2) is 11.6 Å². The smallest absolute Gasteiger partial charge is 0.256 e. The number of halogens is 2. The summed E-state index contributed by atoms with van der Waals surface area (Å²) in [6, 6.07) is 3.40. The topological polar surface area (TPSA) is 55.0 Å². The van der Waals surface area contributed by atoms with Crippen molar-refractivity contribution in [2.75, 3.05) is 6.61 Å². The molecule has 19 heavy (non-hydrogen) atoms. The van der Waals surface area contributed by atoms with Crippen molar-refractivity contribution in [2.45, 2.75) is 13.0 Å². The van der Waals surface area contributed by atoms with E-state index in [1.807, 2.05) is 0 Å². The zero-order chi connectivity index (χ0) is 13.4. The summed E-state index contributed by atoms with van der Waals surface area (Å²) in [6.45, 7) is 0.733. The Morgan fingerprint density at radius 1 is 1.26 bits per heavy atom. The van der Waals surface area contributed by atoms with Gasteiger partial charge in [-0.05, 0) is 18.2 Å². The molecule has 1 aliphatic rings. The fourth-order valence-corrected chi connectivity index (χ4v) is 2.02. The first-order valence-electron chi connectivity index (χ1n) is 5.80. The van der Waals surface area contributed by atoms with Crippen molar-refractivity contribution in [3.8, 4) is 11.4 Å². The van der Waals surface area contributed by atoms with Crippen LogP contribution >= 0.6 is 0 Å². The van der Waals surface area contributed by atoms with Crippen molar-refractivity contribution in [2.24, 2.45) is 0 Å². The SMILES string of the molecule is O=c1[nH]c(-c2ccc(F)c(F)c2)nc2c1COCC2. The molecule has 0 radical (unpaired) electrons. The summed E-state index contributed by atoms with van der Waals surface area (Å²) in [7, 11) is 0. The molecule has 0 unspecified atom stereocenters. The molecular formula is C13H10F2N2O2. The van der Waals surface area contributed by atoms with Crippen LogP contribution in [0.2, 0.25) is 0 Å². The quantitative estimate of drug-likeness (QED) is 0.854. The van der Waals surface area contributed by atoms with E-state index in [1.54, 1.807) is 0 Å². The molecule has 1 aromatic heterocycles. The second-order valence-corrected chi connectivity index (χ2v) is 4.27. The maximum absolute atomic E-state index is 13.2. The summed E-state index contributed by atoms with van der Waals surface area (Å²) in [4.78, 5) is 18.7. The Morgan fingerprint density at radius 3 is 2.89 bits per heavy atom. The second-order valence-electron chi connectivity index (χ2n) is 4.27. The lowest BCUT2D eigenvalue weighted by Crippen LogP contribution is -2.24. The molecular weight excluding hydrogens is 254 g/mol. The van der Waals surface area contributed by atoms with Crippen LogP contribution in [-0.2, 0) is 17.8 Å². The number of nitrogens with one attached hydrogen (secondary N) is 1. The lowest BCUT2D eigenvalue weighted by atomic mass is 10.1. The molecule has 0 atom stereocenters. The highest BCUT2D eigenvalue weighted by atomic mass is 19.2. The van der Waals surface area contributed by atoms with E-state index in [9.17, 15) is 13.6 Å². The lowest BCUT2D eigenvalue weighted by molar-refractivity contribution is 0.108. The van der Waals surface area contributed by atoms with Crippen LogP contribution in [-0.4, -0.2) is 16.6 Å². The Hall–Kier alpha value is -2.08. The summed E-state index contributed by atoms with van der Waals surface area (Å²) in [5, 5.41) is 0. The van der Waals surface area contributed by atoms with Crippen molar-refractivity contribution in [1.82, 2.24) is 9.97 Å². The van der Waals surface area contributed by atoms with Crippen molar-refractivity contribution in [3.63, 3.8) is 0 Å². The van der Waals surface area contributed by atoms with Gasteiger partial charge in [-0.2, -0.15) is 0 Å². The van der Waals surface area contributed by atoms with Gasteiger partial charge in [0.2, 0.25) is 0 Å². The predicted molar refractivity (Wildman–Crippen MR) is 63.6 cm³/mol. The molecule has 4 nitrogen and oxygen atoms in total. The minimum absolute atomic E-state index is 0.232. The highest BCUT2D eigenvalue weighted by Crippen LogP contribution is 2.19. The predicted octanol–water partition coefficient (Wildman–Crippen LogP) is 1.79. The van der Waals surface area contributed by atoms with Gasteiger partial charge in [-0.1, -0.05) is 0 Å². The third kappa shape index (κ3) is 2.15. The molecule has 0 amide bonds. The van der Waals surface area contributed by atoms with E-state index in [4.69, 9.17) is 4.74 Å². The zero-order valence-electron chi connectivity index (χ0n) is 9.87. The second kappa shape index (κ2) is 4.55. The summed E-state index contributed by atoms with van der Waals surface area (Å²) in [6.07, 6.45) is 0.538. The maximum Gasteiger partial charge on any atom is 0.256 e. The average Bonchev–Trinajstić information content (AvgIpc) is 2.42. The zero-order valence-corrected chi connectivity index (χ0v) is 9.87. The molecule has 2 heterocycles. The normalized spacial score (nSPS) is 14.2. The van der Waals surface area contributed by atoms with Gasteiger partial charge in [0.25, 0.3) is 5.56 Å². The van der Waals surface area contributed by atoms with Crippen molar-refractivity contribution < 1.29 is 13.5 Å². The first-order chi connectivity index (χ1) is 9.15. The number of fused-ring (bicyclic) bond motifs is 1. The number of hydrogen-bond donors (Lipinski definition) is 1. The van der Waals surface area contributed by atoms with Gasteiger partial charge in [-0.25, -0.2) is 13.8 Å². The third-order valence-electron chi connectivity index (χ3n) is 3.02. The molecule has 6 heteroatoms. The Labute approximate surface area is 107 Å². The number of H-pyrrole nitrogens is 1. The largest absolute Gasteiger partial charge is 0.376 e. The van der Waals surface area contributed by atoms with E-state index >= 15 is 0 Å². The summed E-state index contributed by atoms with van der Waals surface area (Å²) in [5.74, 6) is -1.66. The molecule has 0 fully saturated rings. The number of hydrogen-bond acceptors (Lipinski definition) is 3. The molecule has 0 aliphatic carbocycles. The Morgan fingerprint density at radius 2 is 2.11 bits per heavy atom. The summed E-state index contributed by atoms with van der Waals surface area (Å²) < 4.78 is 31.3. The van der Waals surface area contributed by atoms with Crippen molar-refractivity contribution >= 4 is 0 Å². The number of aromatic nitrogens is 2. The van der Waals surface area contributed by atoms with Crippen LogP contribution in [0.5, 0.6) is 0 Å². The van der Waals surface area contributed by atoms with Gasteiger partial charge in [0, 0.05) is 12.0 Å². The van der Waals surface area contributed by atoms with Crippen LogP contribution in [0.3, 0.4) is 0 Å². The van der Waals surface area contributed by atoms with E-state index < -0.39 is 11.6 Å². The molecule has 98 valence electrons. The number of nitrogens with zero attached hydrogens (tertiary/aromatic N) is 1. The fourth-order valence-electron chi connectivity index (χ4n) is 2.02. The van der Waals surface area contributed by atoms with E-state index in [-0.39, 0.29) is 18.0 Å². The molecule has 1 aliphatic heterocycles. The van der Waals surface area contributed by atoms with E-state index in [1.165, 1.54) is 6.07 Å². The maximum atomic E-state index is 13.2. The molecule has 0 spiro atoms. The van der Waals surface area contributed by atoms with Gasteiger partial charge in [-0.3, -0.25) is 4.79 Å². The average molecular weight is 264 g/mol. The Balaban J connectivity index is 2.12. The van der Waals surface area contributed by atoms with E-state index in [0.717, 1.165) is 12.1 Å². The molecule has 1 N–H and O–H groups in total. The van der Waals surface area contributed by atoms with Crippen LogP contribution in [0.25, 0.3) is 11.4 Å². The van der Waals surface area contributed by atoms with Gasteiger partial charge >= 0.3 is 0 Å². The highest BCUT2D eigenvalue weighted by Gasteiger charge is 2.17. The number of ether oxygens (including phenoxy) is 1. The van der Waals surface area contributed by atoms with Crippen LogP contribution in [0, 0.1) is 11.6 Å². The minimum atomic E-state index is -0.971. The monoisotopic (exact) mass is 264 g/mol. The number of benzene rings is 1. The number of aromatic amines is 1. The molecule has 2 aromatic rings. The molecule has 3 rings (SSSR count). The van der Waals surface area contributed by atoms with Gasteiger partial charge in [-0.15, -0.1) is 0 Å². The van der Waals surface area contributed by atoms with Gasteiger partial charge < -0.3 is 9.72 Å². The van der Waals surface area contributed by atoms with E-state index in [0.29, 0.717) is 29.8 Å². The molecule has 0 bridgehead atoms. The first-order valence-corrected chi connectivity index (χ1v) is 5.80. The Bertz CT molecular complexity index is 698. The molecule has 0 saturated carbocycles. The van der Waals surface area contributed by atoms with Crippen molar-refractivity contribution in [3.05, 3.63) is 51.4 Å². The van der Waals surface area contributed by atoms with Crippen LogP contribution in [0.4, 0.5) is 8.78 Å². The molecule has 0 saturated heterocycles. The van der Waals surface area contributed by atoms with Crippen molar-refractivity contribution in [1.29, 1.82) is 0 Å². The Kier molecular flexibility index (Phi) is 2.87. The van der Waals surface area contributed by atoms with Crippen LogP contribution in [0.15, 0.2) is 23.0 Å².